The molecule has 1 aromatic rings. The van der Waals surface area contributed by atoms with E-state index in [1.807, 2.05) is 0 Å². The molecule has 1 aromatic carbocycles. The van der Waals surface area contributed by atoms with Crippen molar-refractivity contribution < 1.29 is 9.50 Å². The zero-order valence-electron chi connectivity index (χ0n) is 12.7. The van der Waals surface area contributed by atoms with Gasteiger partial charge >= 0.3 is 0 Å². The number of alkyl halides is 1. The van der Waals surface area contributed by atoms with Crippen LogP contribution in [-0.4, -0.2) is 34.4 Å². The molecule has 2 saturated heterocycles. The normalized spacial score (nSPS) is 32.5. The topological polar surface area (TPSA) is 23.5 Å². The number of hydrogen-bond acceptors (Lipinski definition) is 2. The highest BCUT2D eigenvalue weighted by Gasteiger charge is 2.46. The van der Waals surface area contributed by atoms with E-state index in [1.54, 1.807) is 0 Å². The molecule has 21 heavy (non-hydrogen) atoms. The summed E-state index contributed by atoms with van der Waals surface area (Å²) in [5.41, 5.74) is 0.811. The third kappa shape index (κ3) is 3.46. The van der Waals surface area contributed by atoms with Crippen molar-refractivity contribution >= 4 is 0 Å². The molecular formula is C18H26FNO. The van der Waals surface area contributed by atoms with Crippen molar-refractivity contribution in [1.82, 2.24) is 4.90 Å². The summed E-state index contributed by atoms with van der Waals surface area (Å²) in [6, 6.07) is 11.6. The molecule has 0 radical (unpaired) electrons. The van der Waals surface area contributed by atoms with Gasteiger partial charge < -0.3 is 5.11 Å². The zero-order chi connectivity index (χ0) is 14.7. The Bertz CT molecular complexity index is 436. The zero-order valence-corrected chi connectivity index (χ0v) is 12.7. The van der Waals surface area contributed by atoms with Gasteiger partial charge in [-0.05, 0) is 50.5 Å². The van der Waals surface area contributed by atoms with Gasteiger partial charge in [0.25, 0.3) is 0 Å². The number of piperidine rings is 1. The van der Waals surface area contributed by atoms with E-state index in [1.165, 1.54) is 18.4 Å². The molecule has 1 N–H and O–H groups in total. The average Bonchev–Trinajstić information content (AvgIpc) is 2.73. The van der Waals surface area contributed by atoms with Crippen LogP contribution in [0.2, 0.25) is 0 Å². The van der Waals surface area contributed by atoms with Gasteiger partial charge in [-0.3, -0.25) is 9.29 Å². The van der Waals surface area contributed by atoms with Gasteiger partial charge in [-0.2, -0.15) is 0 Å². The Morgan fingerprint density at radius 2 is 1.76 bits per heavy atom. The summed E-state index contributed by atoms with van der Waals surface area (Å²) in [5.74, 6) is 0. The van der Waals surface area contributed by atoms with Crippen molar-refractivity contribution in [2.24, 2.45) is 0 Å². The summed E-state index contributed by atoms with van der Waals surface area (Å²) >= 11 is 0. The molecule has 2 fully saturated rings. The predicted octanol–water partition coefficient (Wildman–Crippen LogP) is 3.68. The lowest BCUT2D eigenvalue weighted by atomic mass is 9.82. The second-order valence-corrected chi connectivity index (χ2v) is 6.82. The van der Waals surface area contributed by atoms with E-state index in [0.29, 0.717) is 18.5 Å². The van der Waals surface area contributed by atoms with E-state index >= 15 is 0 Å². The maximum absolute atomic E-state index is 12.3. The van der Waals surface area contributed by atoms with Crippen LogP contribution in [0, 0.1) is 0 Å². The standard InChI is InChI=1S/C18H26FNO/c19-11-5-4-10-18(21)12-16-8-9-17(13-18)20(16)14-15-6-2-1-3-7-15/h1-3,6-7,16-17,21H,4-5,8-14H2. The Labute approximate surface area is 127 Å². The van der Waals surface area contributed by atoms with Crippen LogP contribution in [-0.2, 0) is 6.54 Å². The average molecular weight is 291 g/mol. The molecule has 2 aliphatic heterocycles. The predicted molar refractivity (Wildman–Crippen MR) is 82.8 cm³/mol. The quantitative estimate of drug-likeness (QED) is 0.808. The lowest BCUT2D eigenvalue weighted by molar-refractivity contribution is -0.0611. The Balaban J connectivity index is 1.61. The summed E-state index contributed by atoms with van der Waals surface area (Å²) < 4.78 is 12.3. The molecule has 116 valence electrons. The maximum Gasteiger partial charge on any atom is 0.0894 e. The van der Waals surface area contributed by atoms with Crippen LogP contribution in [0.1, 0.15) is 50.5 Å². The molecule has 0 aromatic heterocycles. The molecule has 0 aliphatic carbocycles. The first-order chi connectivity index (χ1) is 10.2. The van der Waals surface area contributed by atoms with E-state index < -0.39 is 5.60 Å². The Morgan fingerprint density at radius 1 is 1.10 bits per heavy atom. The molecule has 2 bridgehead atoms. The minimum atomic E-state index is -0.547. The van der Waals surface area contributed by atoms with Gasteiger partial charge in [0.2, 0.25) is 0 Å². The van der Waals surface area contributed by atoms with Crippen LogP contribution in [0.25, 0.3) is 0 Å². The number of halogens is 1. The number of fused-ring (bicyclic) bond motifs is 2. The van der Waals surface area contributed by atoms with Crippen molar-refractivity contribution in [3.8, 4) is 0 Å². The molecule has 3 heteroatoms. The number of benzene rings is 1. The van der Waals surface area contributed by atoms with Gasteiger partial charge in [0.1, 0.15) is 0 Å². The molecule has 3 rings (SSSR count). The number of unbranched alkanes of at least 4 members (excludes halogenated alkanes) is 1. The number of rotatable bonds is 6. The summed E-state index contributed by atoms with van der Waals surface area (Å²) in [4.78, 5) is 2.58. The molecule has 2 nitrogen and oxygen atoms in total. The van der Waals surface area contributed by atoms with Crippen molar-refractivity contribution in [2.75, 3.05) is 6.67 Å². The van der Waals surface area contributed by atoms with E-state index in [-0.39, 0.29) is 6.67 Å². The molecule has 0 spiro atoms. The first kappa shape index (κ1) is 15.0. The Morgan fingerprint density at radius 3 is 2.38 bits per heavy atom. The second-order valence-electron chi connectivity index (χ2n) is 6.82. The third-order valence-electron chi connectivity index (χ3n) is 5.24. The molecule has 2 heterocycles. The van der Waals surface area contributed by atoms with E-state index in [2.05, 4.69) is 35.2 Å². The van der Waals surface area contributed by atoms with Crippen LogP contribution < -0.4 is 0 Å². The van der Waals surface area contributed by atoms with Gasteiger partial charge in [0.15, 0.2) is 0 Å². The van der Waals surface area contributed by atoms with Crippen LogP contribution in [0.4, 0.5) is 4.39 Å². The molecular weight excluding hydrogens is 265 g/mol. The smallest absolute Gasteiger partial charge is 0.0894 e. The van der Waals surface area contributed by atoms with Crippen LogP contribution >= 0.6 is 0 Å². The summed E-state index contributed by atoms with van der Waals surface area (Å²) in [7, 11) is 0. The van der Waals surface area contributed by atoms with Crippen molar-refractivity contribution in [2.45, 2.75) is 69.2 Å². The highest BCUT2D eigenvalue weighted by atomic mass is 19.1. The van der Waals surface area contributed by atoms with Gasteiger partial charge in [0, 0.05) is 18.6 Å². The summed E-state index contributed by atoms with van der Waals surface area (Å²) in [5, 5.41) is 10.8. The minimum absolute atomic E-state index is 0.261. The van der Waals surface area contributed by atoms with Crippen molar-refractivity contribution in [3.05, 3.63) is 35.9 Å². The molecule has 2 aliphatic rings. The fourth-order valence-electron chi connectivity index (χ4n) is 4.22. The summed E-state index contributed by atoms with van der Waals surface area (Å²) in [6.45, 7) is 0.736. The van der Waals surface area contributed by atoms with Crippen LogP contribution in [0.15, 0.2) is 30.3 Å². The highest BCUT2D eigenvalue weighted by Crippen LogP contribution is 2.43. The van der Waals surface area contributed by atoms with Gasteiger partial charge in [0.05, 0.1) is 12.3 Å². The molecule has 2 atom stereocenters. The first-order valence-electron chi connectivity index (χ1n) is 8.28. The van der Waals surface area contributed by atoms with Gasteiger partial charge in [-0.15, -0.1) is 0 Å². The number of nitrogens with zero attached hydrogens (tertiary/aromatic N) is 1. The van der Waals surface area contributed by atoms with Gasteiger partial charge in [-0.25, -0.2) is 0 Å². The van der Waals surface area contributed by atoms with E-state index in [9.17, 15) is 9.50 Å². The second kappa shape index (κ2) is 6.45. The fourth-order valence-corrected chi connectivity index (χ4v) is 4.22. The Kier molecular flexibility index (Phi) is 4.60. The molecule has 0 saturated carbocycles. The summed E-state index contributed by atoms with van der Waals surface area (Å²) in [6.07, 6.45) is 6.29. The van der Waals surface area contributed by atoms with E-state index in [0.717, 1.165) is 32.2 Å². The van der Waals surface area contributed by atoms with E-state index in [4.69, 9.17) is 0 Å². The minimum Gasteiger partial charge on any atom is -0.390 e. The lowest BCUT2D eigenvalue weighted by Gasteiger charge is -2.44. The van der Waals surface area contributed by atoms with Crippen LogP contribution in [0.5, 0.6) is 0 Å². The number of aliphatic hydroxyl groups is 1. The highest BCUT2D eigenvalue weighted by molar-refractivity contribution is 5.16. The Hall–Kier alpha value is -0.930. The van der Waals surface area contributed by atoms with Crippen molar-refractivity contribution in [3.63, 3.8) is 0 Å². The molecule has 0 amide bonds. The first-order valence-corrected chi connectivity index (χ1v) is 8.28. The fraction of sp³-hybridized carbons (Fsp3) is 0.667. The maximum atomic E-state index is 12.3. The lowest BCUT2D eigenvalue weighted by Crippen LogP contribution is -2.50. The number of hydrogen-bond donors (Lipinski definition) is 1. The molecule has 2 unspecified atom stereocenters. The largest absolute Gasteiger partial charge is 0.390 e. The SMILES string of the molecule is OC1(CCCCF)CC2CCC(C1)N2Cc1ccccc1. The van der Waals surface area contributed by atoms with Crippen molar-refractivity contribution in [1.29, 1.82) is 0 Å². The third-order valence-corrected chi connectivity index (χ3v) is 5.24. The monoisotopic (exact) mass is 291 g/mol. The van der Waals surface area contributed by atoms with Gasteiger partial charge in [-0.1, -0.05) is 30.3 Å². The van der Waals surface area contributed by atoms with Crippen LogP contribution in [0.3, 0.4) is 0 Å².